The largest absolute Gasteiger partial charge is 0.473 e. The molecule has 8 nitrogen and oxygen atoms in total. The van der Waals surface area contributed by atoms with Gasteiger partial charge >= 0.3 is 18.0 Å². The van der Waals surface area contributed by atoms with Crippen molar-refractivity contribution in [2.75, 3.05) is 26.2 Å². The molecule has 0 aromatic carbocycles. The second kappa shape index (κ2) is 8.32. The number of nitrogens with zero attached hydrogens (tertiary/aromatic N) is 1. The van der Waals surface area contributed by atoms with Crippen LogP contribution in [0.15, 0.2) is 0 Å². The van der Waals surface area contributed by atoms with Crippen molar-refractivity contribution in [1.29, 1.82) is 0 Å². The van der Waals surface area contributed by atoms with Gasteiger partial charge < -0.3 is 25.2 Å². The lowest BCUT2D eigenvalue weighted by molar-refractivity contribution is -0.159. The van der Waals surface area contributed by atoms with Crippen LogP contribution in [0.3, 0.4) is 0 Å². The van der Waals surface area contributed by atoms with Gasteiger partial charge in [-0.05, 0) is 65.0 Å². The van der Waals surface area contributed by atoms with Gasteiger partial charge in [0.2, 0.25) is 0 Å². The van der Waals surface area contributed by atoms with Crippen LogP contribution >= 0.6 is 0 Å². The van der Waals surface area contributed by atoms with E-state index in [2.05, 4.69) is 5.32 Å². The summed E-state index contributed by atoms with van der Waals surface area (Å²) in [5, 5.41) is 18.2. The first-order valence-corrected chi connectivity index (χ1v) is 8.20. The molecule has 2 heterocycles. The van der Waals surface area contributed by atoms with Crippen LogP contribution in [-0.4, -0.2) is 64.9 Å². The average Bonchev–Trinajstić information content (AvgIpc) is 2.47. The van der Waals surface area contributed by atoms with Crippen LogP contribution in [0.2, 0.25) is 0 Å². The van der Waals surface area contributed by atoms with E-state index in [1.165, 1.54) is 19.3 Å². The smallest absolute Gasteiger partial charge is 0.414 e. The Balaban J connectivity index is 0.000000413. The highest BCUT2D eigenvalue weighted by Gasteiger charge is 2.38. The van der Waals surface area contributed by atoms with Crippen molar-refractivity contribution in [1.82, 2.24) is 10.2 Å². The van der Waals surface area contributed by atoms with Crippen LogP contribution in [0.5, 0.6) is 0 Å². The lowest BCUT2D eigenvalue weighted by Crippen LogP contribution is -2.51. The number of carbonyl (C=O) groups excluding carboxylic acids is 1. The van der Waals surface area contributed by atoms with E-state index in [4.69, 9.17) is 24.5 Å². The second-order valence-electron chi connectivity index (χ2n) is 7.37. The van der Waals surface area contributed by atoms with Crippen molar-refractivity contribution in [3.05, 3.63) is 0 Å². The van der Waals surface area contributed by atoms with E-state index in [0.29, 0.717) is 5.41 Å². The molecule has 1 amide bonds. The fraction of sp³-hybridized carbons (Fsp3) is 0.812. The van der Waals surface area contributed by atoms with E-state index < -0.39 is 17.5 Å². The topological polar surface area (TPSA) is 116 Å². The molecule has 0 aromatic heterocycles. The van der Waals surface area contributed by atoms with Gasteiger partial charge in [0.15, 0.2) is 0 Å². The quantitative estimate of drug-likeness (QED) is 0.571. The van der Waals surface area contributed by atoms with Crippen molar-refractivity contribution < 1.29 is 29.3 Å². The summed E-state index contributed by atoms with van der Waals surface area (Å²) < 4.78 is 5.48. The number of carboxylic acids is 2. The number of rotatable bonds is 0. The Morgan fingerprint density at radius 2 is 1.58 bits per heavy atom. The van der Waals surface area contributed by atoms with E-state index in [1.807, 2.05) is 25.7 Å². The Bertz CT molecular complexity index is 448. The highest BCUT2D eigenvalue weighted by molar-refractivity contribution is 6.27. The van der Waals surface area contributed by atoms with Crippen LogP contribution in [0.25, 0.3) is 0 Å². The van der Waals surface area contributed by atoms with Crippen molar-refractivity contribution in [3.63, 3.8) is 0 Å². The van der Waals surface area contributed by atoms with E-state index in [0.717, 1.165) is 32.6 Å². The second-order valence-corrected chi connectivity index (χ2v) is 7.37. The maximum Gasteiger partial charge on any atom is 0.414 e. The highest BCUT2D eigenvalue weighted by Crippen LogP contribution is 2.38. The standard InChI is InChI=1S/C14H26N2O2.C2H2O4/c1-13(2,3)18-12(17)16-10-4-5-14(11-16)6-8-15-9-7-14;3-1(4)2(5)6/h15H,4-11H2,1-3H3;(H,3,4)(H,5,6). The van der Waals surface area contributed by atoms with Crippen molar-refractivity contribution in [3.8, 4) is 0 Å². The Morgan fingerprint density at radius 1 is 1.04 bits per heavy atom. The summed E-state index contributed by atoms with van der Waals surface area (Å²) >= 11 is 0. The van der Waals surface area contributed by atoms with Crippen LogP contribution < -0.4 is 5.32 Å². The third-order valence-corrected chi connectivity index (χ3v) is 4.16. The number of aliphatic carboxylic acids is 2. The zero-order chi connectivity index (χ0) is 18.4. The molecule has 138 valence electrons. The summed E-state index contributed by atoms with van der Waals surface area (Å²) in [5.74, 6) is -3.65. The molecule has 0 bridgehead atoms. The first-order chi connectivity index (χ1) is 11.0. The molecule has 0 aliphatic carbocycles. The molecule has 8 heteroatoms. The zero-order valence-electron chi connectivity index (χ0n) is 14.6. The van der Waals surface area contributed by atoms with Crippen LogP contribution in [0.1, 0.15) is 46.5 Å². The van der Waals surface area contributed by atoms with E-state index in [9.17, 15) is 4.79 Å². The number of likely N-dealkylation sites (tertiary alicyclic amines) is 1. The fourth-order valence-corrected chi connectivity index (χ4v) is 3.06. The van der Waals surface area contributed by atoms with E-state index in [1.54, 1.807) is 0 Å². The summed E-state index contributed by atoms with van der Waals surface area (Å²) in [4.78, 5) is 32.2. The van der Waals surface area contributed by atoms with E-state index >= 15 is 0 Å². The summed E-state index contributed by atoms with van der Waals surface area (Å²) in [6.45, 7) is 9.68. The Labute approximate surface area is 142 Å². The molecule has 0 atom stereocenters. The first kappa shape index (κ1) is 20.2. The normalized spacial score (nSPS) is 19.9. The molecule has 0 saturated carbocycles. The Hall–Kier alpha value is -1.83. The molecule has 2 rings (SSSR count). The lowest BCUT2D eigenvalue weighted by Gasteiger charge is -2.45. The van der Waals surface area contributed by atoms with Crippen LogP contribution in [0, 0.1) is 5.41 Å². The Morgan fingerprint density at radius 3 is 2.04 bits per heavy atom. The predicted molar refractivity (Wildman–Crippen MR) is 86.8 cm³/mol. The molecule has 2 fully saturated rings. The molecule has 0 aromatic rings. The fourth-order valence-electron chi connectivity index (χ4n) is 3.06. The number of piperidine rings is 2. The highest BCUT2D eigenvalue weighted by atomic mass is 16.6. The molecular weight excluding hydrogens is 316 g/mol. The zero-order valence-corrected chi connectivity index (χ0v) is 14.6. The molecule has 24 heavy (non-hydrogen) atoms. The average molecular weight is 344 g/mol. The van der Waals surface area contributed by atoms with Gasteiger partial charge in [-0.1, -0.05) is 0 Å². The van der Waals surface area contributed by atoms with Gasteiger partial charge in [-0.15, -0.1) is 0 Å². The number of ether oxygens (including phenoxy) is 1. The molecular formula is C16H28N2O6. The number of carbonyl (C=O) groups is 3. The van der Waals surface area contributed by atoms with Crippen molar-refractivity contribution >= 4 is 18.0 Å². The Kier molecular flexibility index (Phi) is 7.01. The third-order valence-electron chi connectivity index (χ3n) is 4.16. The molecule has 1 spiro atoms. The molecule has 2 aliphatic rings. The van der Waals surface area contributed by atoms with Gasteiger partial charge in [-0.3, -0.25) is 0 Å². The van der Waals surface area contributed by atoms with Crippen molar-refractivity contribution in [2.45, 2.75) is 52.1 Å². The van der Waals surface area contributed by atoms with Gasteiger partial charge in [0, 0.05) is 13.1 Å². The van der Waals surface area contributed by atoms with Crippen LogP contribution in [0.4, 0.5) is 4.79 Å². The summed E-state index contributed by atoms with van der Waals surface area (Å²) in [5.41, 5.74) is -0.0454. The van der Waals surface area contributed by atoms with Crippen molar-refractivity contribution in [2.24, 2.45) is 5.41 Å². The van der Waals surface area contributed by atoms with Gasteiger partial charge in [0.05, 0.1) is 0 Å². The minimum atomic E-state index is -1.82. The number of carboxylic acid groups (broad SMARTS) is 2. The molecule has 0 radical (unpaired) electrons. The number of hydrogen-bond donors (Lipinski definition) is 3. The molecule has 3 N–H and O–H groups in total. The summed E-state index contributed by atoms with van der Waals surface area (Å²) in [7, 11) is 0. The first-order valence-electron chi connectivity index (χ1n) is 8.20. The van der Waals surface area contributed by atoms with Gasteiger partial charge in [0.25, 0.3) is 0 Å². The predicted octanol–water partition coefficient (Wildman–Crippen LogP) is 1.54. The SMILES string of the molecule is CC(C)(C)OC(=O)N1CCCC2(CCNCC2)C1.O=C(O)C(=O)O. The molecule has 0 unspecified atom stereocenters. The lowest BCUT2D eigenvalue weighted by atomic mass is 9.73. The maximum absolute atomic E-state index is 12.1. The minimum Gasteiger partial charge on any atom is -0.473 e. The monoisotopic (exact) mass is 344 g/mol. The number of nitrogens with one attached hydrogen (secondary N) is 1. The summed E-state index contributed by atoms with van der Waals surface area (Å²) in [6.07, 6.45) is 4.60. The number of amides is 1. The molecule has 2 aliphatic heterocycles. The number of hydrogen-bond acceptors (Lipinski definition) is 5. The maximum atomic E-state index is 12.1. The van der Waals surface area contributed by atoms with E-state index in [-0.39, 0.29) is 6.09 Å². The minimum absolute atomic E-state index is 0.139. The van der Waals surface area contributed by atoms with Gasteiger partial charge in [-0.2, -0.15) is 0 Å². The van der Waals surface area contributed by atoms with Crippen LogP contribution in [-0.2, 0) is 14.3 Å². The summed E-state index contributed by atoms with van der Waals surface area (Å²) in [6, 6.07) is 0. The molecule has 2 saturated heterocycles. The third kappa shape index (κ3) is 6.74. The van der Waals surface area contributed by atoms with Gasteiger partial charge in [-0.25, -0.2) is 14.4 Å². The van der Waals surface area contributed by atoms with Gasteiger partial charge in [0.1, 0.15) is 5.60 Å².